The van der Waals surface area contributed by atoms with Crippen molar-refractivity contribution in [3.05, 3.63) is 45.2 Å². The Hall–Kier alpha value is -1.21. The van der Waals surface area contributed by atoms with Crippen LogP contribution in [-0.2, 0) is 11.3 Å². The van der Waals surface area contributed by atoms with E-state index in [0.717, 1.165) is 5.56 Å². The van der Waals surface area contributed by atoms with Crippen molar-refractivity contribution in [1.82, 2.24) is 9.55 Å². The maximum Gasteiger partial charge on any atom is 0.354 e. The van der Waals surface area contributed by atoms with Gasteiger partial charge >= 0.3 is 5.97 Å². The van der Waals surface area contributed by atoms with Gasteiger partial charge in [-0.25, -0.2) is 9.78 Å². The predicted octanol–water partition coefficient (Wildman–Crippen LogP) is 3.98. The van der Waals surface area contributed by atoms with E-state index in [1.165, 1.54) is 11.8 Å². The Morgan fingerprint density at radius 1 is 1.43 bits per heavy atom. The molecule has 1 heterocycles. The highest BCUT2D eigenvalue weighted by atomic mass is 35.5. The van der Waals surface area contributed by atoms with Crippen LogP contribution in [0.5, 0.6) is 0 Å². The molecule has 0 bridgehead atoms. The molecule has 1 aromatic heterocycles. The van der Waals surface area contributed by atoms with Crippen LogP contribution in [0.15, 0.2) is 23.4 Å². The fourth-order valence-electron chi connectivity index (χ4n) is 2.13. The summed E-state index contributed by atoms with van der Waals surface area (Å²) in [7, 11) is 1.62. The zero-order chi connectivity index (χ0) is 17.0. The number of thioether (sulfide) groups is 1. The van der Waals surface area contributed by atoms with Crippen LogP contribution in [-0.4, -0.2) is 40.1 Å². The summed E-state index contributed by atoms with van der Waals surface area (Å²) < 4.78 is 6.68. The molecule has 2 aromatic rings. The SMILES string of the molecule is COCCSc1nc(C)c(C(=O)O)n1Cc1cc(Cl)ccc1Cl. The molecule has 1 aromatic carbocycles. The van der Waals surface area contributed by atoms with Gasteiger partial charge in [-0.15, -0.1) is 0 Å². The Balaban J connectivity index is 2.41. The highest BCUT2D eigenvalue weighted by Gasteiger charge is 2.21. The van der Waals surface area contributed by atoms with Crippen LogP contribution in [0.3, 0.4) is 0 Å². The summed E-state index contributed by atoms with van der Waals surface area (Å²) in [6, 6.07) is 5.12. The maximum atomic E-state index is 11.6. The van der Waals surface area contributed by atoms with E-state index in [0.29, 0.717) is 33.3 Å². The molecule has 0 aliphatic heterocycles. The van der Waals surface area contributed by atoms with E-state index < -0.39 is 5.97 Å². The monoisotopic (exact) mass is 374 g/mol. The third-order valence-electron chi connectivity index (χ3n) is 3.16. The number of halogens is 2. The largest absolute Gasteiger partial charge is 0.477 e. The van der Waals surface area contributed by atoms with E-state index in [4.69, 9.17) is 27.9 Å². The molecule has 0 aliphatic carbocycles. The molecule has 0 saturated carbocycles. The van der Waals surface area contributed by atoms with E-state index in [1.54, 1.807) is 36.8 Å². The van der Waals surface area contributed by atoms with Crippen molar-refractivity contribution in [1.29, 1.82) is 0 Å². The number of imidazole rings is 1. The second-order valence-electron chi connectivity index (χ2n) is 4.80. The Morgan fingerprint density at radius 2 is 2.17 bits per heavy atom. The van der Waals surface area contributed by atoms with Crippen LogP contribution in [0, 0.1) is 6.92 Å². The first-order valence-corrected chi connectivity index (χ1v) is 8.54. The Bertz CT molecular complexity index is 719. The molecule has 0 radical (unpaired) electrons. The van der Waals surface area contributed by atoms with Crippen molar-refractivity contribution in [2.45, 2.75) is 18.6 Å². The lowest BCUT2D eigenvalue weighted by Crippen LogP contribution is -2.12. The average molecular weight is 375 g/mol. The van der Waals surface area contributed by atoms with Gasteiger partial charge in [-0.1, -0.05) is 35.0 Å². The summed E-state index contributed by atoms with van der Waals surface area (Å²) in [5, 5.41) is 11.2. The fourth-order valence-corrected chi connectivity index (χ4v) is 3.44. The van der Waals surface area contributed by atoms with Crippen molar-refractivity contribution >= 4 is 40.9 Å². The minimum atomic E-state index is -1.02. The summed E-state index contributed by atoms with van der Waals surface area (Å²) in [5.74, 6) is -0.346. The van der Waals surface area contributed by atoms with Gasteiger partial charge in [0.2, 0.25) is 0 Å². The van der Waals surface area contributed by atoms with Gasteiger partial charge in [0.25, 0.3) is 0 Å². The number of aromatic nitrogens is 2. The Labute approximate surface area is 148 Å². The predicted molar refractivity (Wildman–Crippen MR) is 92.1 cm³/mol. The molecule has 124 valence electrons. The Kier molecular flexibility index (Phi) is 6.35. The maximum absolute atomic E-state index is 11.6. The molecular formula is C15H16Cl2N2O3S. The van der Waals surface area contributed by atoms with Crippen LogP contribution >= 0.6 is 35.0 Å². The summed E-state index contributed by atoms with van der Waals surface area (Å²) >= 11 is 13.6. The number of methoxy groups -OCH3 is 1. The van der Waals surface area contributed by atoms with Crippen LogP contribution in [0.1, 0.15) is 21.7 Å². The summed E-state index contributed by atoms with van der Waals surface area (Å²) in [6.45, 7) is 2.52. The van der Waals surface area contributed by atoms with Crippen LogP contribution in [0.4, 0.5) is 0 Å². The molecule has 1 N–H and O–H groups in total. The van der Waals surface area contributed by atoms with Crippen LogP contribution in [0.25, 0.3) is 0 Å². The highest BCUT2D eigenvalue weighted by molar-refractivity contribution is 7.99. The van der Waals surface area contributed by atoms with Gasteiger partial charge in [0.05, 0.1) is 18.8 Å². The number of carboxylic acid groups (broad SMARTS) is 1. The molecule has 8 heteroatoms. The molecule has 0 unspecified atom stereocenters. The molecular weight excluding hydrogens is 359 g/mol. The van der Waals surface area contributed by atoms with Gasteiger partial charge in [-0.05, 0) is 30.7 Å². The minimum Gasteiger partial charge on any atom is -0.477 e. The molecule has 0 atom stereocenters. The van der Waals surface area contributed by atoms with Gasteiger partial charge in [-0.2, -0.15) is 0 Å². The number of aryl methyl sites for hydroxylation is 1. The van der Waals surface area contributed by atoms with Gasteiger partial charge < -0.3 is 14.4 Å². The third-order valence-corrected chi connectivity index (χ3v) is 4.71. The van der Waals surface area contributed by atoms with Crippen molar-refractivity contribution in [3.63, 3.8) is 0 Å². The van der Waals surface area contributed by atoms with E-state index in [-0.39, 0.29) is 12.2 Å². The van der Waals surface area contributed by atoms with Gasteiger partial charge in [0, 0.05) is 22.9 Å². The Morgan fingerprint density at radius 3 is 2.83 bits per heavy atom. The number of rotatable bonds is 7. The van der Waals surface area contributed by atoms with Gasteiger partial charge in [-0.3, -0.25) is 0 Å². The number of carbonyl (C=O) groups is 1. The molecule has 5 nitrogen and oxygen atoms in total. The summed E-state index contributed by atoms with van der Waals surface area (Å²) in [4.78, 5) is 15.9. The molecule has 0 amide bonds. The molecule has 0 fully saturated rings. The standard InChI is InChI=1S/C15H16Cl2N2O3S/c1-9-13(14(20)21)19(15(18-9)23-6-5-22-2)8-10-7-11(16)3-4-12(10)17/h3-4,7H,5-6,8H2,1-2H3,(H,20,21). The first kappa shape index (κ1) is 18.1. The van der Waals surface area contributed by atoms with E-state index in [1.807, 2.05) is 0 Å². The molecule has 23 heavy (non-hydrogen) atoms. The topological polar surface area (TPSA) is 64.3 Å². The van der Waals surface area contributed by atoms with Crippen molar-refractivity contribution in [2.24, 2.45) is 0 Å². The van der Waals surface area contributed by atoms with E-state index in [2.05, 4.69) is 4.98 Å². The zero-order valence-electron chi connectivity index (χ0n) is 12.7. The number of hydrogen-bond acceptors (Lipinski definition) is 4. The second kappa shape index (κ2) is 8.06. The lowest BCUT2D eigenvalue weighted by atomic mass is 10.2. The zero-order valence-corrected chi connectivity index (χ0v) is 15.0. The normalized spacial score (nSPS) is 11.0. The minimum absolute atomic E-state index is 0.154. The van der Waals surface area contributed by atoms with Crippen LogP contribution in [0.2, 0.25) is 10.0 Å². The van der Waals surface area contributed by atoms with Crippen LogP contribution < -0.4 is 0 Å². The summed E-state index contributed by atoms with van der Waals surface area (Å²) in [5.41, 5.74) is 1.36. The smallest absolute Gasteiger partial charge is 0.354 e. The fraction of sp³-hybridized carbons (Fsp3) is 0.333. The third kappa shape index (κ3) is 4.41. The lowest BCUT2D eigenvalue weighted by Gasteiger charge is -2.11. The van der Waals surface area contributed by atoms with Gasteiger partial charge in [0.15, 0.2) is 10.9 Å². The molecule has 0 spiro atoms. The van der Waals surface area contributed by atoms with Crippen molar-refractivity contribution < 1.29 is 14.6 Å². The van der Waals surface area contributed by atoms with E-state index >= 15 is 0 Å². The second-order valence-corrected chi connectivity index (χ2v) is 6.70. The van der Waals surface area contributed by atoms with Crippen molar-refractivity contribution in [3.8, 4) is 0 Å². The number of nitrogens with zero attached hydrogens (tertiary/aromatic N) is 2. The molecule has 0 saturated heterocycles. The molecule has 2 rings (SSSR count). The number of ether oxygens (including phenoxy) is 1. The number of carboxylic acids is 1. The molecule has 0 aliphatic rings. The van der Waals surface area contributed by atoms with Gasteiger partial charge in [0.1, 0.15) is 0 Å². The quantitative estimate of drug-likeness (QED) is 0.586. The first-order chi connectivity index (χ1) is 10.9. The van der Waals surface area contributed by atoms with E-state index in [9.17, 15) is 9.90 Å². The first-order valence-electron chi connectivity index (χ1n) is 6.80. The van der Waals surface area contributed by atoms with Crippen molar-refractivity contribution in [2.75, 3.05) is 19.5 Å². The highest BCUT2D eigenvalue weighted by Crippen LogP contribution is 2.27. The average Bonchev–Trinajstić information content (AvgIpc) is 2.79. The summed E-state index contributed by atoms with van der Waals surface area (Å²) in [6.07, 6.45) is 0. The number of hydrogen-bond donors (Lipinski definition) is 1. The number of aromatic carboxylic acids is 1. The number of benzene rings is 1. The lowest BCUT2D eigenvalue weighted by molar-refractivity contribution is 0.0684.